The number of benzene rings is 2. The summed E-state index contributed by atoms with van der Waals surface area (Å²) >= 11 is 0. The summed E-state index contributed by atoms with van der Waals surface area (Å²) in [6.45, 7) is 7.49. The minimum Gasteiger partial charge on any atom is -0.337 e. The van der Waals surface area contributed by atoms with Crippen LogP contribution >= 0.6 is 0 Å². The molecule has 7 heteroatoms. The van der Waals surface area contributed by atoms with Gasteiger partial charge in [-0.05, 0) is 41.5 Å². The molecular weight excluding hydrogens is 371 g/mol. The molecule has 2 aromatic rings. The fraction of sp³-hybridized carbons (Fsp3) is 0.273. The van der Waals surface area contributed by atoms with E-state index in [0.717, 1.165) is 25.2 Å². The summed E-state index contributed by atoms with van der Waals surface area (Å²) in [5.74, 6) is -0.354. The van der Waals surface area contributed by atoms with E-state index < -0.39 is 0 Å². The summed E-state index contributed by atoms with van der Waals surface area (Å²) < 4.78 is 13.2. The first-order valence-corrected chi connectivity index (χ1v) is 9.55. The van der Waals surface area contributed by atoms with Crippen LogP contribution in [0.25, 0.3) is 0 Å². The zero-order valence-corrected chi connectivity index (χ0v) is 16.2. The topological polar surface area (TPSA) is 64.7 Å². The summed E-state index contributed by atoms with van der Waals surface area (Å²) in [5, 5.41) is 5.53. The van der Waals surface area contributed by atoms with Crippen molar-refractivity contribution < 1.29 is 14.0 Å². The summed E-state index contributed by atoms with van der Waals surface area (Å²) in [4.78, 5) is 27.9. The molecule has 0 aromatic heterocycles. The van der Waals surface area contributed by atoms with Crippen molar-refractivity contribution in [3.05, 3.63) is 78.1 Å². The quantitative estimate of drug-likeness (QED) is 0.738. The van der Waals surface area contributed by atoms with Crippen molar-refractivity contribution in [3.63, 3.8) is 0 Å². The number of nitrogens with zero attached hydrogens (tertiary/aromatic N) is 2. The molecule has 29 heavy (non-hydrogen) atoms. The molecule has 1 aliphatic heterocycles. The molecule has 152 valence electrons. The van der Waals surface area contributed by atoms with Crippen LogP contribution in [0.2, 0.25) is 0 Å². The van der Waals surface area contributed by atoms with E-state index in [2.05, 4.69) is 22.1 Å². The number of carbonyl (C=O) groups excluding carboxylic acids is 2. The molecule has 0 saturated carbocycles. The third-order valence-corrected chi connectivity index (χ3v) is 4.79. The molecular formula is C22H25FN4O2. The molecule has 2 aromatic carbocycles. The van der Waals surface area contributed by atoms with E-state index in [4.69, 9.17) is 0 Å². The van der Waals surface area contributed by atoms with E-state index in [0.29, 0.717) is 24.3 Å². The lowest BCUT2D eigenvalue weighted by atomic mass is 10.1. The Morgan fingerprint density at radius 2 is 1.76 bits per heavy atom. The van der Waals surface area contributed by atoms with Crippen molar-refractivity contribution >= 4 is 17.6 Å². The number of carbonyl (C=O) groups is 2. The maximum atomic E-state index is 13.2. The summed E-state index contributed by atoms with van der Waals surface area (Å²) in [6, 6.07) is 13.5. The Labute approximate surface area is 170 Å². The standard InChI is InChI=1S/C22H25FN4O2/c1-2-21(28)27-11-9-26(10-12-27)16-18-6-4-8-20(14-18)25-22(29)24-15-17-5-3-7-19(23)13-17/h2-8,13-14H,1,9-12,15-16H2,(H2,24,25,29). The number of amides is 3. The smallest absolute Gasteiger partial charge is 0.319 e. The second-order valence-corrected chi connectivity index (χ2v) is 6.94. The third kappa shape index (κ3) is 6.15. The van der Waals surface area contributed by atoms with Gasteiger partial charge in [-0.3, -0.25) is 9.69 Å². The fourth-order valence-electron chi connectivity index (χ4n) is 3.27. The summed E-state index contributed by atoms with van der Waals surface area (Å²) in [5.41, 5.74) is 2.47. The Kier molecular flexibility index (Phi) is 6.97. The van der Waals surface area contributed by atoms with Crippen molar-refractivity contribution in [2.75, 3.05) is 31.5 Å². The highest BCUT2D eigenvalue weighted by atomic mass is 19.1. The largest absolute Gasteiger partial charge is 0.337 e. The minimum absolute atomic E-state index is 0.0277. The summed E-state index contributed by atoms with van der Waals surface area (Å²) in [6.07, 6.45) is 1.35. The first-order valence-electron chi connectivity index (χ1n) is 9.55. The van der Waals surface area contributed by atoms with Crippen LogP contribution in [0.4, 0.5) is 14.9 Å². The molecule has 1 fully saturated rings. The Morgan fingerprint density at radius 3 is 2.48 bits per heavy atom. The molecule has 1 heterocycles. The third-order valence-electron chi connectivity index (χ3n) is 4.79. The lowest BCUT2D eigenvalue weighted by molar-refractivity contribution is -0.127. The van der Waals surface area contributed by atoms with E-state index in [1.54, 1.807) is 17.0 Å². The van der Waals surface area contributed by atoms with Gasteiger partial charge in [-0.15, -0.1) is 0 Å². The Morgan fingerprint density at radius 1 is 1.03 bits per heavy atom. The Balaban J connectivity index is 1.48. The number of hydrogen-bond donors (Lipinski definition) is 2. The molecule has 3 rings (SSSR count). The average Bonchev–Trinajstić information content (AvgIpc) is 2.72. The second kappa shape index (κ2) is 9.84. The van der Waals surface area contributed by atoms with Crippen LogP contribution in [0.3, 0.4) is 0 Å². The predicted molar refractivity (Wildman–Crippen MR) is 111 cm³/mol. The highest BCUT2D eigenvalue weighted by molar-refractivity contribution is 5.89. The van der Waals surface area contributed by atoms with Gasteiger partial charge in [0.15, 0.2) is 0 Å². The van der Waals surface area contributed by atoms with E-state index >= 15 is 0 Å². The molecule has 2 N–H and O–H groups in total. The molecule has 0 aliphatic carbocycles. The summed E-state index contributed by atoms with van der Waals surface area (Å²) in [7, 11) is 0. The van der Waals surface area contributed by atoms with Gasteiger partial charge in [-0.2, -0.15) is 0 Å². The van der Waals surface area contributed by atoms with Crippen LogP contribution in [0.1, 0.15) is 11.1 Å². The van der Waals surface area contributed by atoms with Gasteiger partial charge in [-0.1, -0.05) is 30.8 Å². The monoisotopic (exact) mass is 396 g/mol. The van der Waals surface area contributed by atoms with Crippen LogP contribution in [0.15, 0.2) is 61.2 Å². The van der Waals surface area contributed by atoms with Gasteiger partial charge in [0.2, 0.25) is 5.91 Å². The first-order chi connectivity index (χ1) is 14.0. The van der Waals surface area contributed by atoms with Gasteiger partial charge in [0.25, 0.3) is 0 Å². The molecule has 1 aliphatic rings. The maximum Gasteiger partial charge on any atom is 0.319 e. The minimum atomic E-state index is -0.344. The number of hydrogen-bond acceptors (Lipinski definition) is 3. The van der Waals surface area contributed by atoms with E-state index in [-0.39, 0.29) is 24.3 Å². The fourth-order valence-corrected chi connectivity index (χ4v) is 3.27. The number of halogens is 1. The molecule has 0 unspecified atom stereocenters. The van der Waals surface area contributed by atoms with Gasteiger partial charge in [0.05, 0.1) is 0 Å². The van der Waals surface area contributed by atoms with Crippen LogP contribution < -0.4 is 10.6 Å². The molecule has 0 radical (unpaired) electrons. The van der Waals surface area contributed by atoms with Crippen LogP contribution in [0.5, 0.6) is 0 Å². The highest BCUT2D eigenvalue weighted by Crippen LogP contribution is 2.14. The number of rotatable bonds is 6. The SMILES string of the molecule is C=CC(=O)N1CCN(Cc2cccc(NC(=O)NCc3cccc(F)c3)c2)CC1. The van der Waals surface area contributed by atoms with Crippen molar-refractivity contribution in [1.82, 2.24) is 15.1 Å². The molecule has 1 saturated heterocycles. The second-order valence-electron chi connectivity index (χ2n) is 6.94. The zero-order valence-electron chi connectivity index (χ0n) is 16.2. The lowest BCUT2D eigenvalue weighted by Crippen LogP contribution is -2.47. The molecule has 0 atom stereocenters. The molecule has 0 spiro atoms. The highest BCUT2D eigenvalue weighted by Gasteiger charge is 2.19. The lowest BCUT2D eigenvalue weighted by Gasteiger charge is -2.34. The van der Waals surface area contributed by atoms with Crippen molar-refractivity contribution in [2.24, 2.45) is 0 Å². The number of piperazine rings is 1. The van der Waals surface area contributed by atoms with Crippen LogP contribution in [0, 0.1) is 5.82 Å². The predicted octanol–water partition coefficient (Wildman–Crippen LogP) is 2.98. The molecule has 3 amide bonds. The van der Waals surface area contributed by atoms with Gasteiger partial charge in [0, 0.05) is 45.0 Å². The van der Waals surface area contributed by atoms with Crippen molar-refractivity contribution in [3.8, 4) is 0 Å². The number of urea groups is 1. The van der Waals surface area contributed by atoms with Crippen molar-refractivity contribution in [2.45, 2.75) is 13.1 Å². The normalized spacial score (nSPS) is 14.3. The van der Waals surface area contributed by atoms with Crippen molar-refractivity contribution in [1.29, 1.82) is 0 Å². The average molecular weight is 396 g/mol. The Bertz CT molecular complexity index is 879. The van der Waals surface area contributed by atoms with Crippen LogP contribution in [-0.2, 0) is 17.9 Å². The zero-order chi connectivity index (χ0) is 20.6. The number of anilines is 1. The molecule has 6 nitrogen and oxygen atoms in total. The van der Waals surface area contributed by atoms with E-state index in [1.165, 1.54) is 18.2 Å². The van der Waals surface area contributed by atoms with Gasteiger partial charge < -0.3 is 15.5 Å². The van der Waals surface area contributed by atoms with E-state index in [1.807, 2.05) is 24.3 Å². The maximum absolute atomic E-state index is 13.2. The van der Waals surface area contributed by atoms with Gasteiger partial charge in [0.1, 0.15) is 5.82 Å². The first kappa shape index (κ1) is 20.5. The van der Waals surface area contributed by atoms with E-state index in [9.17, 15) is 14.0 Å². The van der Waals surface area contributed by atoms with Gasteiger partial charge in [-0.25, -0.2) is 9.18 Å². The van der Waals surface area contributed by atoms with Crippen LogP contribution in [-0.4, -0.2) is 47.9 Å². The number of nitrogens with one attached hydrogen (secondary N) is 2. The van der Waals surface area contributed by atoms with Gasteiger partial charge >= 0.3 is 6.03 Å². The molecule has 0 bridgehead atoms. The Hall–Kier alpha value is -3.19.